The minimum absolute atomic E-state index is 0.0119. The molecule has 35 heavy (non-hydrogen) atoms. The number of rotatable bonds is 7. The van der Waals surface area contributed by atoms with Gasteiger partial charge >= 0.3 is 0 Å². The highest BCUT2D eigenvalue weighted by Gasteiger charge is 2.37. The van der Waals surface area contributed by atoms with Crippen LogP contribution in [-0.2, 0) is 33.7 Å². The van der Waals surface area contributed by atoms with Crippen LogP contribution in [0.1, 0.15) is 37.0 Å². The SMILES string of the molecule is CCc1cccc(CC)c1N1CC(C(=O)Nc2nc3ccc(CN4CCOCC4)cc3s2)CC1=O. The first-order valence-electron chi connectivity index (χ1n) is 12.5. The molecule has 2 aliphatic rings. The monoisotopic (exact) mass is 492 g/mol. The Balaban J connectivity index is 1.27. The first-order chi connectivity index (χ1) is 17.1. The quantitative estimate of drug-likeness (QED) is 0.534. The van der Waals surface area contributed by atoms with E-state index in [0.717, 1.165) is 72.7 Å². The summed E-state index contributed by atoms with van der Waals surface area (Å²) in [6.07, 6.45) is 1.92. The van der Waals surface area contributed by atoms with Crippen LogP contribution in [-0.4, -0.2) is 54.5 Å². The molecule has 0 bridgehead atoms. The summed E-state index contributed by atoms with van der Waals surface area (Å²) in [6.45, 7) is 8.95. The molecule has 184 valence electrons. The lowest BCUT2D eigenvalue weighted by atomic mass is 10.0. The molecule has 1 N–H and O–H groups in total. The molecular formula is C27H32N4O3S. The average Bonchev–Trinajstić information content (AvgIpc) is 3.46. The molecule has 2 aromatic carbocycles. The number of nitrogens with one attached hydrogen (secondary N) is 1. The summed E-state index contributed by atoms with van der Waals surface area (Å²) >= 11 is 1.49. The summed E-state index contributed by atoms with van der Waals surface area (Å²) in [4.78, 5) is 34.9. The molecule has 0 saturated carbocycles. The Morgan fingerprint density at radius 2 is 1.89 bits per heavy atom. The van der Waals surface area contributed by atoms with Gasteiger partial charge in [0.2, 0.25) is 11.8 Å². The van der Waals surface area contributed by atoms with Crippen molar-refractivity contribution in [2.75, 3.05) is 43.1 Å². The Kier molecular flexibility index (Phi) is 7.13. The van der Waals surface area contributed by atoms with Gasteiger partial charge in [-0.15, -0.1) is 0 Å². The number of ether oxygens (including phenoxy) is 1. The minimum atomic E-state index is -0.388. The molecule has 7 nitrogen and oxygen atoms in total. The molecule has 8 heteroatoms. The second kappa shape index (κ2) is 10.4. The Labute approximate surface area is 210 Å². The zero-order valence-electron chi connectivity index (χ0n) is 20.4. The molecule has 0 aliphatic carbocycles. The molecule has 1 unspecified atom stereocenters. The number of morpholine rings is 1. The highest BCUT2D eigenvalue weighted by Crippen LogP contribution is 2.33. The lowest BCUT2D eigenvalue weighted by Crippen LogP contribution is -2.35. The number of para-hydroxylation sites is 1. The fourth-order valence-corrected chi connectivity index (χ4v) is 5.94. The van der Waals surface area contributed by atoms with Gasteiger partial charge in [-0.3, -0.25) is 14.5 Å². The number of nitrogens with zero attached hydrogens (tertiary/aromatic N) is 3. The van der Waals surface area contributed by atoms with E-state index in [9.17, 15) is 9.59 Å². The fraction of sp³-hybridized carbons (Fsp3) is 0.444. The van der Waals surface area contributed by atoms with Gasteiger partial charge in [-0.05, 0) is 41.7 Å². The predicted octanol–water partition coefficient (Wildman–Crippen LogP) is 4.24. The van der Waals surface area contributed by atoms with Crippen LogP contribution >= 0.6 is 11.3 Å². The van der Waals surface area contributed by atoms with Gasteiger partial charge in [0.1, 0.15) is 0 Å². The lowest BCUT2D eigenvalue weighted by Gasteiger charge is -2.26. The van der Waals surface area contributed by atoms with Gasteiger partial charge in [-0.25, -0.2) is 4.98 Å². The molecule has 3 heterocycles. The smallest absolute Gasteiger partial charge is 0.231 e. The first-order valence-corrected chi connectivity index (χ1v) is 13.3. The predicted molar refractivity (Wildman–Crippen MR) is 140 cm³/mol. The highest BCUT2D eigenvalue weighted by atomic mass is 32.1. The van der Waals surface area contributed by atoms with E-state index < -0.39 is 0 Å². The molecule has 5 rings (SSSR count). The van der Waals surface area contributed by atoms with Crippen molar-refractivity contribution in [3.8, 4) is 0 Å². The molecule has 3 aromatic rings. The van der Waals surface area contributed by atoms with E-state index >= 15 is 0 Å². The van der Waals surface area contributed by atoms with Crippen LogP contribution in [0.25, 0.3) is 10.2 Å². The molecule has 2 amide bonds. The van der Waals surface area contributed by atoms with Crippen LogP contribution in [0.15, 0.2) is 36.4 Å². The summed E-state index contributed by atoms with van der Waals surface area (Å²) in [7, 11) is 0. The second-order valence-electron chi connectivity index (χ2n) is 9.24. The van der Waals surface area contributed by atoms with Crippen molar-refractivity contribution >= 4 is 44.2 Å². The normalized spacial score (nSPS) is 19.0. The number of carbonyl (C=O) groups excluding carboxylic acids is 2. The topological polar surface area (TPSA) is 74.8 Å². The van der Waals surface area contributed by atoms with Crippen molar-refractivity contribution in [2.45, 2.75) is 39.7 Å². The number of carbonyl (C=O) groups is 2. The number of aromatic nitrogens is 1. The Morgan fingerprint density at radius 3 is 2.60 bits per heavy atom. The van der Waals surface area contributed by atoms with Crippen molar-refractivity contribution in [2.24, 2.45) is 5.92 Å². The van der Waals surface area contributed by atoms with Gasteiger partial charge in [0.05, 0.1) is 29.3 Å². The highest BCUT2D eigenvalue weighted by molar-refractivity contribution is 7.22. The van der Waals surface area contributed by atoms with Gasteiger partial charge in [-0.2, -0.15) is 0 Å². The molecule has 2 saturated heterocycles. The van der Waals surface area contributed by atoms with Crippen molar-refractivity contribution in [1.29, 1.82) is 0 Å². The number of hydrogen-bond acceptors (Lipinski definition) is 6. The van der Waals surface area contributed by atoms with Crippen LogP contribution < -0.4 is 10.2 Å². The zero-order chi connectivity index (χ0) is 24.4. The van der Waals surface area contributed by atoms with E-state index in [4.69, 9.17) is 4.74 Å². The van der Waals surface area contributed by atoms with Crippen LogP contribution in [0.5, 0.6) is 0 Å². The van der Waals surface area contributed by atoms with Crippen molar-refractivity contribution in [3.63, 3.8) is 0 Å². The minimum Gasteiger partial charge on any atom is -0.379 e. The van der Waals surface area contributed by atoms with Gasteiger partial charge < -0.3 is 15.0 Å². The van der Waals surface area contributed by atoms with Gasteiger partial charge in [0.25, 0.3) is 0 Å². The Bertz CT molecular complexity index is 1210. The molecule has 1 atom stereocenters. The first kappa shape index (κ1) is 23.9. The van der Waals surface area contributed by atoms with Crippen LogP contribution in [0.4, 0.5) is 10.8 Å². The third-order valence-electron chi connectivity index (χ3n) is 6.92. The number of fused-ring (bicyclic) bond motifs is 1. The molecule has 2 aliphatic heterocycles. The molecular weight excluding hydrogens is 460 g/mol. The van der Waals surface area contributed by atoms with E-state index in [1.807, 2.05) is 17.0 Å². The maximum Gasteiger partial charge on any atom is 0.231 e. The van der Waals surface area contributed by atoms with Crippen molar-refractivity contribution < 1.29 is 14.3 Å². The molecule has 0 radical (unpaired) electrons. The van der Waals surface area contributed by atoms with Crippen LogP contribution in [0, 0.1) is 5.92 Å². The summed E-state index contributed by atoms with van der Waals surface area (Å²) in [6, 6.07) is 12.5. The van der Waals surface area contributed by atoms with Gasteiger partial charge in [0.15, 0.2) is 5.13 Å². The maximum atomic E-state index is 13.1. The van der Waals surface area contributed by atoms with Crippen molar-refractivity contribution in [3.05, 3.63) is 53.1 Å². The van der Waals surface area contributed by atoms with Crippen LogP contribution in [0.2, 0.25) is 0 Å². The number of benzene rings is 2. The maximum absolute atomic E-state index is 13.1. The van der Waals surface area contributed by atoms with E-state index in [2.05, 4.69) is 53.3 Å². The van der Waals surface area contributed by atoms with Crippen LogP contribution in [0.3, 0.4) is 0 Å². The largest absolute Gasteiger partial charge is 0.379 e. The van der Waals surface area contributed by atoms with E-state index in [0.29, 0.717) is 11.7 Å². The zero-order valence-corrected chi connectivity index (χ0v) is 21.2. The second-order valence-corrected chi connectivity index (χ2v) is 10.3. The average molecular weight is 493 g/mol. The number of thiazole rings is 1. The fourth-order valence-electron chi connectivity index (χ4n) is 5.01. The lowest BCUT2D eigenvalue weighted by molar-refractivity contribution is -0.122. The molecule has 0 spiro atoms. The summed E-state index contributed by atoms with van der Waals surface area (Å²) in [5.41, 5.74) is 5.41. The number of hydrogen-bond donors (Lipinski definition) is 1. The number of anilines is 2. The van der Waals surface area contributed by atoms with Gasteiger partial charge in [0, 0.05) is 38.3 Å². The van der Waals surface area contributed by atoms with E-state index in [1.165, 1.54) is 16.9 Å². The third-order valence-corrected chi connectivity index (χ3v) is 7.86. The summed E-state index contributed by atoms with van der Waals surface area (Å²) in [5, 5.41) is 3.57. The van der Waals surface area contributed by atoms with Gasteiger partial charge in [-0.1, -0.05) is 49.4 Å². The summed E-state index contributed by atoms with van der Waals surface area (Å²) < 4.78 is 6.49. The third kappa shape index (κ3) is 5.10. The van der Waals surface area contributed by atoms with Crippen molar-refractivity contribution in [1.82, 2.24) is 9.88 Å². The Morgan fingerprint density at radius 1 is 1.14 bits per heavy atom. The van der Waals surface area contributed by atoms with E-state index in [-0.39, 0.29) is 24.2 Å². The van der Waals surface area contributed by atoms with E-state index in [1.54, 1.807) is 0 Å². The molecule has 2 fully saturated rings. The number of aryl methyl sites for hydroxylation is 2. The standard InChI is InChI=1S/C27H32N4O3S/c1-3-19-6-5-7-20(4-2)25(19)31-17-21(15-24(31)32)26(33)29-27-28-22-9-8-18(14-23(22)35-27)16-30-10-12-34-13-11-30/h5-9,14,21H,3-4,10-13,15-17H2,1-2H3,(H,28,29,33). The number of amides is 2. The molecule has 1 aromatic heterocycles. The summed E-state index contributed by atoms with van der Waals surface area (Å²) in [5.74, 6) is -0.515. The Hall–Kier alpha value is -2.81.